The molecule has 0 saturated carbocycles. The van der Waals surface area contributed by atoms with Crippen LogP contribution in [0.3, 0.4) is 0 Å². The van der Waals surface area contributed by atoms with Gasteiger partial charge in [-0.15, -0.1) is 0 Å². The largest absolute Gasteiger partial charge is 0.493 e. The zero-order chi connectivity index (χ0) is 23.7. The van der Waals surface area contributed by atoms with E-state index in [2.05, 4.69) is 0 Å². The molecular weight excluding hydrogens is 430 g/mol. The van der Waals surface area contributed by atoms with Gasteiger partial charge in [0.15, 0.2) is 11.5 Å². The lowest BCUT2D eigenvalue weighted by Crippen LogP contribution is -2.33. The van der Waals surface area contributed by atoms with E-state index in [0.717, 1.165) is 0 Å². The molecular formula is C24H23NO8. The van der Waals surface area contributed by atoms with Gasteiger partial charge in [-0.3, -0.25) is 9.36 Å². The van der Waals surface area contributed by atoms with E-state index in [-0.39, 0.29) is 18.7 Å². The molecule has 1 atom stereocenters. The Kier molecular flexibility index (Phi) is 5.95. The number of carbonyl (C=O) groups is 2. The van der Waals surface area contributed by atoms with Crippen molar-refractivity contribution in [2.24, 2.45) is 0 Å². The Balaban J connectivity index is 2.19. The third-order valence-electron chi connectivity index (χ3n) is 5.67. The van der Waals surface area contributed by atoms with Crippen LogP contribution in [0.4, 0.5) is 0 Å². The van der Waals surface area contributed by atoms with Gasteiger partial charge in [-0.2, -0.15) is 0 Å². The van der Waals surface area contributed by atoms with E-state index in [1.54, 1.807) is 36.4 Å². The Labute approximate surface area is 189 Å². The normalized spacial score (nSPS) is 15.3. The van der Waals surface area contributed by atoms with E-state index >= 15 is 0 Å². The molecule has 0 radical (unpaired) electrons. The van der Waals surface area contributed by atoms with Gasteiger partial charge in [0.25, 0.3) is 5.56 Å². The van der Waals surface area contributed by atoms with Crippen LogP contribution in [-0.2, 0) is 14.3 Å². The molecule has 0 N–H and O–H groups in total. The summed E-state index contributed by atoms with van der Waals surface area (Å²) >= 11 is 0. The van der Waals surface area contributed by atoms with Gasteiger partial charge in [0.2, 0.25) is 5.75 Å². The Morgan fingerprint density at radius 3 is 2.12 bits per heavy atom. The van der Waals surface area contributed by atoms with E-state index in [4.69, 9.17) is 23.7 Å². The predicted molar refractivity (Wildman–Crippen MR) is 119 cm³/mol. The van der Waals surface area contributed by atoms with Gasteiger partial charge < -0.3 is 23.7 Å². The molecule has 0 bridgehead atoms. The number of benzene rings is 2. The predicted octanol–water partition coefficient (Wildman–Crippen LogP) is 2.97. The first-order chi connectivity index (χ1) is 16.0. The molecule has 1 unspecified atom stereocenters. The Bertz CT molecular complexity index is 1280. The topological polar surface area (TPSA) is 102 Å². The van der Waals surface area contributed by atoms with Crippen molar-refractivity contribution in [3.63, 3.8) is 0 Å². The fourth-order valence-corrected chi connectivity index (χ4v) is 4.20. The van der Waals surface area contributed by atoms with E-state index in [0.29, 0.717) is 39.1 Å². The van der Waals surface area contributed by atoms with Crippen LogP contribution in [0.2, 0.25) is 0 Å². The number of aromatic nitrogens is 1. The number of nitrogens with zero attached hydrogens (tertiary/aromatic N) is 1. The monoisotopic (exact) mass is 453 g/mol. The fraction of sp³-hybridized carbons (Fsp3) is 0.292. The van der Waals surface area contributed by atoms with Crippen LogP contribution < -0.4 is 19.8 Å². The molecule has 1 fully saturated rings. The minimum Gasteiger partial charge on any atom is -0.493 e. The molecule has 172 valence electrons. The molecule has 9 heteroatoms. The van der Waals surface area contributed by atoms with Crippen molar-refractivity contribution in [3.05, 3.63) is 52.4 Å². The van der Waals surface area contributed by atoms with Gasteiger partial charge in [0.1, 0.15) is 11.7 Å². The Hall–Kier alpha value is -4.01. The van der Waals surface area contributed by atoms with Gasteiger partial charge >= 0.3 is 11.9 Å². The standard InChI is InChI=1S/C24H23NO8/c1-29-17-11-13(12-18(30-2)21(17)31-3)19-14-7-5-6-8-15(14)22(26)25(20(19)24(28)32-4)16-9-10-33-23(16)27/h5-8,11-12,16H,9-10H2,1-4H3. The van der Waals surface area contributed by atoms with Crippen LogP contribution >= 0.6 is 0 Å². The van der Waals surface area contributed by atoms with Crippen LogP contribution in [0.1, 0.15) is 23.0 Å². The molecule has 1 aromatic heterocycles. The summed E-state index contributed by atoms with van der Waals surface area (Å²) in [6.07, 6.45) is 0.260. The zero-order valence-corrected chi connectivity index (χ0v) is 18.7. The minimum absolute atomic E-state index is 0.0562. The molecule has 2 heterocycles. The molecule has 0 amide bonds. The van der Waals surface area contributed by atoms with Gasteiger partial charge in [-0.1, -0.05) is 18.2 Å². The smallest absolute Gasteiger partial charge is 0.355 e. The average Bonchev–Trinajstić information content (AvgIpc) is 3.27. The SMILES string of the molecule is COC(=O)c1c(-c2cc(OC)c(OC)c(OC)c2)c2ccccc2c(=O)n1C1CCOC1=O. The highest BCUT2D eigenvalue weighted by Gasteiger charge is 2.35. The second-order valence-electron chi connectivity index (χ2n) is 7.32. The average molecular weight is 453 g/mol. The molecule has 0 spiro atoms. The number of pyridine rings is 1. The van der Waals surface area contributed by atoms with Crippen molar-refractivity contribution in [1.82, 2.24) is 4.57 Å². The summed E-state index contributed by atoms with van der Waals surface area (Å²) in [7, 11) is 5.67. The number of hydrogen-bond acceptors (Lipinski definition) is 8. The number of fused-ring (bicyclic) bond motifs is 1. The maximum absolute atomic E-state index is 13.5. The van der Waals surface area contributed by atoms with Gasteiger partial charge in [-0.25, -0.2) is 9.59 Å². The summed E-state index contributed by atoms with van der Waals surface area (Å²) in [5, 5.41) is 0.855. The van der Waals surface area contributed by atoms with E-state index in [9.17, 15) is 14.4 Å². The Morgan fingerprint density at radius 2 is 1.61 bits per heavy atom. The van der Waals surface area contributed by atoms with Gasteiger partial charge in [0, 0.05) is 17.4 Å². The van der Waals surface area contributed by atoms with Crippen LogP contribution in [0.15, 0.2) is 41.2 Å². The lowest BCUT2D eigenvalue weighted by Gasteiger charge is -2.22. The number of rotatable bonds is 6. The molecule has 9 nitrogen and oxygen atoms in total. The van der Waals surface area contributed by atoms with Crippen molar-refractivity contribution < 1.29 is 33.3 Å². The quantitative estimate of drug-likeness (QED) is 0.525. The molecule has 1 aliphatic rings. The molecule has 1 aliphatic heterocycles. The van der Waals surface area contributed by atoms with Gasteiger partial charge in [-0.05, 0) is 29.1 Å². The molecule has 1 saturated heterocycles. The first-order valence-corrected chi connectivity index (χ1v) is 10.2. The minimum atomic E-state index is -0.947. The van der Waals surface area contributed by atoms with Crippen LogP contribution in [-0.4, -0.2) is 51.6 Å². The first-order valence-electron chi connectivity index (χ1n) is 10.2. The van der Waals surface area contributed by atoms with Crippen molar-refractivity contribution in [2.45, 2.75) is 12.5 Å². The van der Waals surface area contributed by atoms with E-state index < -0.39 is 23.5 Å². The fourth-order valence-electron chi connectivity index (χ4n) is 4.20. The maximum Gasteiger partial charge on any atom is 0.355 e. The number of carbonyl (C=O) groups excluding carboxylic acids is 2. The molecule has 0 aliphatic carbocycles. The molecule has 3 aromatic rings. The van der Waals surface area contributed by atoms with E-state index in [1.165, 1.54) is 33.0 Å². The van der Waals surface area contributed by atoms with E-state index in [1.807, 2.05) is 0 Å². The number of cyclic esters (lactones) is 1. The van der Waals surface area contributed by atoms with Crippen molar-refractivity contribution >= 4 is 22.7 Å². The van der Waals surface area contributed by atoms with Crippen molar-refractivity contribution in [3.8, 4) is 28.4 Å². The summed E-state index contributed by atoms with van der Waals surface area (Å²) in [4.78, 5) is 39.1. The lowest BCUT2D eigenvalue weighted by molar-refractivity contribution is -0.140. The third kappa shape index (κ3) is 3.55. The number of methoxy groups -OCH3 is 4. The summed E-state index contributed by atoms with van der Waals surface area (Å²) in [6, 6.07) is 9.28. The molecule has 33 heavy (non-hydrogen) atoms. The summed E-state index contributed by atoms with van der Waals surface area (Å²) < 4.78 is 27.7. The second-order valence-corrected chi connectivity index (χ2v) is 7.32. The second kappa shape index (κ2) is 8.85. The highest BCUT2D eigenvalue weighted by molar-refractivity contribution is 6.07. The molecule has 2 aromatic carbocycles. The summed E-state index contributed by atoms with van der Waals surface area (Å²) in [6.45, 7) is 0.156. The zero-order valence-electron chi connectivity index (χ0n) is 18.7. The van der Waals surface area contributed by atoms with Crippen molar-refractivity contribution in [1.29, 1.82) is 0 Å². The van der Waals surface area contributed by atoms with Crippen LogP contribution in [0, 0.1) is 0 Å². The highest BCUT2D eigenvalue weighted by Crippen LogP contribution is 2.43. The first kappa shape index (κ1) is 22.2. The maximum atomic E-state index is 13.5. The van der Waals surface area contributed by atoms with Gasteiger partial charge in [0.05, 0.1) is 35.0 Å². The lowest BCUT2D eigenvalue weighted by atomic mass is 9.95. The number of esters is 2. The summed E-state index contributed by atoms with van der Waals surface area (Å²) in [5.74, 6) is -0.232. The van der Waals surface area contributed by atoms with Crippen LogP contribution in [0.5, 0.6) is 17.2 Å². The number of hydrogen-bond donors (Lipinski definition) is 0. The van der Waals surface area contributed by atoms with Crippen LogP contribution in [0.25, 0.3) is 21.9 Å². The number of ether oxygens (including phenoxy) is 5. The molecule has 4 rings (SSSR count). The Morgan fingerprint density at radius 1 is 0.970 bits per heavy atom. The highest BCUT2D eigenvalue weighted by atomic mass is 16.5. The third-order valence-corrected chi connectivity index (χ3v) is 5.67. The van der Waals surface area contributed by atoms with Crippen molar-refractivity contribution in [2.75, 3.05) is 35.0 Å². The summed E-state index contributed by atoms with van der Waals surface area (Å²) in [5.41, 5.74) is 0.377.